The number of nitrogens with zero attached hydrogens (tertiary/aromatic N) is 3. The fraction of sp³-hybridized carbons (Fsp3) is 0.263. The van der Waals surface area contributed by atoms with Gasteiger partial charge in [-0.2, -0.15) is 0 Å². The SMILES string of the molecule is NC[C@@H]1CN(C(=O)c2ccc3nccn3c2)C[C@H]1c1ccccc1. The molecule has 0 bridgehead atoms. The second-order valence-corrected chi connectivity index (χ2v) is 6.33. The molecular weight excluding hydrogens is 300 g/mol. The van der Waals surface area contributed by atoms with Crippen molar-refractivity contribution in [3.63, 3.8) is 0 Å². The number of imidazole rings is 1. The van der Waals surface area contributed by atoms with E-state index in [2.05, 4.69) is 17.1 Å². The number of carbonyl (C=O) groups excluding carboxylic acids is 1. The Morgan fingerprint density at radius 3 is 2.79 bits per heavy atom. The smallest absolute Gasteiger partial charge is 0.255 e. The Bertz CT molecular complexity index is 858. The van der Waals surface area contributed by atoms with Crippen molar-refractivity contribution in [3.05, 3.63) is 72.2 Å². The predicted octanol–water partition coefficient (Wildman–Crippen LogP) is 2.15. The molecule has 1 saturated heterocycles. The summed E-state index contributed by atoms with van der Waals surface area (Å²) in [6, 6.07) is 14.1. The van der Waals surface area contributed by atoms with Crippen LogP contribution in [0.15, 0.2) is 61.1 Å². The maximum absolute atomic E-state index is 12.9. The van der Waals surface area contributed by atoms with E-state index in [1.165, 1.54) is 5.56 Å². The number of likely N-dealkylation sites (tertiary alicyclic amines) is 1. The molecule has 0 saturated carbocycles. The monoisotopic (exact) mass is 320 g/mol. The highest BCUT2D eigenvalue weighted by Gasteiger charge is 2.35. The van der Waals surface area contributed by atoms with Gasteiger partial charge in [0.05, 0.1) is 5.56 Å². The lowest BCUT2D eigenvalue weighted by Crippen LogP contribution is -2.30. The molecule has 24 heavy (non-hydrogen) atoms. The van der Waals surface area contributed by atoms with Crippen LogP contribution in [0.1, 0.15) is 21.8 Å². The van der Waals surface area contributed by atoms with E-state index in [1.54, 1.807) is 6.20 Å². The van der Waals surface area contributed by atoms with Crippen LogP contribution in [-0.2, 0) is 0 Å². The number of pyridine rings is 1. The van der Waals surface area contributed by atoms with Crippen molar-refractivity contribution >= 4 is 11.6 Å². The lowest BCUT2D eigenvalue weighted by Gasteiger charge is -2.17. The molecule has 5 nitrogen and oxygen atoms in total. The first-order valence-corrected chi connectivity index (χ1v) is 8.23. The Kier molecular flexibility index (Phi) is 3.78. The lowest BCUT2D eigenvalue weighted by molar-refractivity contribution is 0.0786. The van der Waals surface area contributed by atoms with Crippen molar-refractivity contribution in [2.75, 3.05) is 19.6 Å². The van der Waals surface area contributed by atoms with Crippen LogP contribution < -0.4 is 5.73 Å². The first-order valence-electron chi connectivity index (χ1n) is 8.23. The fourth-order valence-electron chi connectivity index (χ4n) is 3.58. The van der Waals surface area contributed by atoms with Crippen LogP contribution in [0, 0.1) is 5.92 Å². The Hall–Kier alpha value is -2.66. The molecule has 1 fully saturated rings. The average molecular weight is 320 g/mol. The summed E-state index contributed by atoms with van der Waals surface area (Å²) in [6.07, 6.45) is 5.43. The quantitative estimate of drug-likeness (QED) is 0.804. The van der Waals surface area contributed by atoms with Crippen molar-refractivity contribution in [2.45, 2.75) is 5.92 Å². The van der Waals surface area contributed by atoms with E-state index >= 15 is 0 Å². The fourth-order valence-corrected chi connectivity index (χ4v) is 3.58. The molecular formula is C19H20N4O. The second kappa shape index (κ2) is 6.09. The van der Waals surface area contributed by atoms with Gasteiger partial charge in [0, 0.05) is 37.6 Å². The van der Waals surface area contributed by atoms with Gasteiger partial charge in [0.1, 0.15) is 5.65 Å². The summed E-state index contributed by atoms with van der Waals surface area (Å²) < 4.78 is 1.87. The minimum atomic E-state index is 0.0579. The van der Waals surface area contributed by atoms with E-state index < -0.39 is 0 Å². The molecule has 4 rings (SSSR count). The van der Waals surface area contributed by atoms with Crippen molar-refractivity contribution in [1.82, 2.24) is 14.3 Å². The number of hydrogen-bond acceptors (Lipinski definition) is 3. The van der Waals surface area contributed by atoms with Gasteiger partial charge in [0.2, 0.25) is 0 Å². The summed E-state index contributed by atoms with van der Waals surface area (Å²) in [7, 11) is 0. The van der Waals surface area contributed by atoms with Crippen LogP contribution in [0.2, 0.25) is 0 Å². The average Bonchev–Trinajstić information content (AvgIpc) is 3.27. The third kappa shape index (κ3) is 2.57. The van der Waals surface area contributed by atoms with Gasteiger partial charge in [-0.1, -0.05) is 30.3 Å². The maximum atomic E-state index is 12.9. The van der Waals surface area contributed by atoms with Crippen molar-refractivity contribution in [1.29, 1.82) is 0 Å². The van der Waals surface area contributed by atoms with E-state index in [1.807, 2.05) is 52.0 Å². The van der Waals surface area contributed by atoms with Crippen molar-refractivity contribution in [2.24, 2.45) is 11.7 Å². The molecule has 1 amide bonds. The highest BCUT2D eigenvalue weighted by Crippen LogP contribution is 2.32. The van der Waals surface area contributed by atoms with Gasteiger partial charge in [0.25, 0.3) is 5.91 Å². The Labute approximate surface area is 140 Å². The number of nitrogens with two attached hydrogens (primary N) is 1. The lowest BCUT2D eigenvalue weighted by atomic mass is 9.89. The third-order valence-electron chi connectivity index (χ3n) is 4.89. The summed E-state index contributed by atoms with van der Waals surface area (Å²) in [4.78, 5) is 19.0. The van der Waals surface area contributed by atoms with Crippen LogP contribution in [-0.4, -0.2) is 39.8 Å². The minimum absolute atomic E-state index is 0.0579. The summed E-state index contributed by atoms with van der Waals surface area (Å²) in [6.45, 7) is 2.01. The zero-order valence-corrected chi connectivity index (χ0v) is 13.4. The normalized spacial score (nSPS) is 20.6. The molecule has 3 heterocycles. The molecule has 2 N–H and O–H groups in total. The summed E-state index contributed by atoms with van der Waals surface area (Å²) >= 11 is 0. The van der Waals surface area contributed by atoms with E-state index in [0.717, 1.165) is 5.65 Å². The molecule has 1 aliphatic heterocycles. The Morgan fingerprint density at radius 2 is 2.00 bits per heavy atom. The number of amides is 1. The largest absolute Gasteiger partial charge is 0.338 e. The Morgan fingerprint density at radius 1 is 1.17 bits per heavy atom. The number of benzene rings is 1. The summed E-state index contributed by atoms with van der Waals surface area (Å²) in [5, 5.41) is 0. The molecule has 1 aromatic carbocycles. The van der Waals surface area contributed by atoms with Gasteiger partial charge in [-0.15, -0.1) is 0 Å². The molecule has 122 valence electrons. The third-order valence-corrected chi connectivity index (χ3v) is 4.89. The highest BCUT2D eigenvalue weighted by atomic mass is 16.2. The van der Waals surface area contributed by atoms with E-state index in [9.17, 15) is 4.79 Å². The zero-order valence-electron chi connectivity index (χ0n) is 13.4. The molecule has 1 aliphatic rings. The number of aromatic nitrogens is 2. The first kappa shape index (κ1) is 14.9. The van der Waals surface area contributed by atoms with E-state index in [0.29, 0.717) is 37.0 Å². The van der Waals surface area contributed by atoms with Gasteiger partial charge in [-0.3, -0.25) is 4.79 Å². The summed E-state index contributed by atoms with van der Waals surface area (Å²) in [5.74, 6) is 0.660. The number of hydrogen-bond donors (Lipinski definition) is 1. The summed E-state index contributed by atoms with van der Waals surface area (Å²) in [5.41, 5.74) is 8.76. The number of rotatable bonds is 3. The van der Waals surface area contributed by atoms with Crippen LogP contribution in [0.5, 0.6) is 0 Å². The van der Waals surface area contributed by atoms with E-state index in [-0.39, 0.29) is 5.91 Å². The minimum Gasteiger partial charge on any atom is -0.338 e. The van der Waals surface area contributed by atoms with Gasteiger partial charge < -0.3 is 15.0 Å². The highest BCUT2D eigenvalue weighted by molar-refractivity contribution is 5.94. The second-order valence-electron chi connectivity index (χ2n) is 6.33. The zero-order chi connectivity index (χ0) is 16.5. The molecule has 0 spiro atoms. The molecule has 0 radical (unpaired) electrons. The van der Waals surface area contributed by atoms with Gasteiger partial charge >= 0.3 is 0 Å². The first-order chi connectivity index (χ1) is 11.8. The van der Waals surface area contributed by atoms with Crippen molar-refractivity contribution in [3.8, 4) is 0 Å². The van der Waals surface area contributed by atoms with Crippen LogP contribution in [0.4, 0.5) is 0 Å². The molecule has 3 aromatic rings. The number of carbonyl (C=O) groups is 1. The van der Waals surface area contributed by atoms with E-state index in [4.69, 9.17) is 5.73 Å². The topological polar surface area (TPSA) is 63.6 Å². The van der Waals surface area contributed by atoms with Gasteiger partial charge in [-0.05, 0) is 30.2 Å². The number of fused-ring (bicyclic) bond motifs is 1. The molecule has 2 atom stereocenters. The van der Waals surface area contributed by atoms with Crippen molar-refractivity contribution < 1.29 is 4.79 Å². The van der Waals surface area contributed by atoms with Crippen LogP contribution in [0.3, 0.4) is 0 Å². The van der Waals surface area contributed by atoms with Gasteiger partial charge in [-0.25, -0.2) is 4.98 Å². The standard InChI is InChI=1S/C19H20N4O/c20-10-16-12-23(13-17(16)14-4-2-1-3-5-14)19(24)15-6-7-18-21-8-9-22(18)11-15/h1-9,11,16-17H,10,12-13,20H2/t16-,17+/m1/s1. The predicted molar refractivity (Wildman–Crippen MR) is 92.8 cm³/mol. The Balaban J connectivity index is 1.59. The van der Waals surface area contributed by atoms with Crippen LogP contribution >= 0.6 is 0 Å². The molecule has 0 unspecified atom stereocenters. The molecule has 2 aromatic heterocycles. The molecule has 5 heteroatoms. The van der Waals surface area contributed by atoms with Gasteiger partial charge in [0.15, 0.2) is 0 Å². The van der Waals surface area contributed by atoms with Crippen LogP contribution in [0.25, 0.3) is 5.65 Å². The molecule has 0 aliphatic carbocycles. The maximum Gasteiger partial charge on any atom is 0.255 e.